The van der Waals surface area contributed by atoms with Crippen molar-refractivity contribution in [2.75, 3.05) is 17.7 Å². The molecule has 9 heteroatoms. The molecule has 19 heavy (non-hydrogen) atoms. The molecule has 0 amide bonds. The first-order valence-corrected chi connectivity index (χ1v) is 5.28. The van der Waals surface area contributed by atoms with Gasteiger partial charge in [0.1, 0.15) is 11.6 Å². The molecule has 0 spiro atoms. The maximum atomic E-state index is 12.6. The predicted octanol–water partition coefficient (Wildman–Crippen LogP) is 2.01. The summed E-state index contributed by atoms with van der Waals surface area (Å²) >= 11 is 0. The van der Waals surface area contributed by atoms with E-state index in [1.807, 2.05) is 0 Å². The molecule has 0 aromatic carbocycles. The smallest absolute Gasteiger partial charge is 0.373 e. The van der Waals surface area contributed by atoms with Crippen molar-refractivity contribution in [2.24, 2.45) is 7.05 Å². The standard InChI is InChI=1S/C10H11F3N6/c1-14-7-3-8(16-6-4-15-19(2)5-6)18-9(17-7)10(11,12)13/h3-5H,1-2H3,(H2,14,16,17,18). The lowest BCUT2D eigenvalue weighted by Gasteiger charge is -2.10. The summed E-state index contributed by atoms with van der Waals surface area (Å²) in [6.45, 7) is 0. The zero-order chi connectivity index (χ0) is 14.0. The first kappa shape index (κ1) is 13.1. The summed E-state index contributed by atoms with van der Waals surface area (Å²) in [6.07, 6.45) is -1.50. The van der Waals surface area contributed by atoms with Crippen molar-refractivity contribution in [3.63, 3.8) is 0 Å². The van der Waals surface area contributed by atoms with Crippen LogP contribution in [0.2, 0.25) is 0 Å². The third kappa shape index (κ3) is 3.12. The van der Waals surface area contributed by atoms with Crippen LogP contribution in [-0.4, -0.2) is 26.8 Å². The summed E-state index contributed by atoms with van der Waals surface area (Å²) in [4.78, 5) is 6.79. The summed E-state index contributed by atoms with van der Waals surface area (Å²) < 4.78 is 39.4. The van der Waals surface area contributed by atoms with Crippen molar-refractivity contribution in [1.82, 2.24) is 19.7 Å². The Morgan fingerprint density at radius 3 is 2.42 bits per heavy atom. The maximum Gasteiger partial charge on any atom is 0.451 e. The van der Waals surface area contributed by atoms with Gasteiger partial charge in [-0.15, -0.1) is 0 Å². The number of halogens is 3. The van der Waals surface area contributed by atoms with Gasteiger partial charge in [0.15, 0.2) is 0 Å². The van der Waals surface area contributed by atoms with Crippen molar-refractivity contribution in [3.8, 4) is 0 Å². The molecule has 2 aromatic heterocycles. The zero-order valence-electron chi connectivity index (χ0n) is 10.2. The van der Waals surface area contributed by atoms with Crippen molar-refractivity contribution in [3.05, 3.63) is 24.3 Å². The Balaban J connectivity index is 2.34. The van der Waals surface area contributed by atoms with E-state index in [1.54, 1.807) is 13.2 Å². The van der Waals surface area contributed by atoms with Crippen LogP contribution in [0.4, 0.5) is 30.5 Å². The Morgan fingerprint density at radius 2 is 1.89 bits per heavy atom. The number of alkyl halides is 3. The van der Waals surface area contributed by atoms with E-state index in [4.69, 9.17) is 0 Å². The summed E-state index contributed by atoms with van der Waals surface area (Å²) in [5, 5.41) is 9.20. The fourth-order valence-electron chi connectivity index (χ4n) is 1.40. The minimum atomic E-state index is -4.60. The van der Waals surface area contributed by atoms with Gasteiger partial charge in [-0.3, -0.25) is 4.68 Å². The third-order valence-corrected chi connectivity index (χ3v) is 2.21. The number of hydrogen-bond donors (Lipinski definition) is 2. The molecular formula is C10H11F3N6. The lowest BCUT2D eigenvalue weighted by atomic mass is 10.4. The summed E-state index contributed by atoms with van der Waals surface area (Å²) in [7, 11) is 3.18. The highest BCUT2D eigenvalue weighted by Gasteiger charge is 2.35. The number of rotatable bonds is 3. The molecule has 0 radical (unpaired) electrons. The van der Waals surface area contributed by atoms with Gasteiger partial charge >= 0.3 is 6.18 Å². The van der Waals surface area contributed by atoms with E-state index < -0.39 is 12.0 Å². The van der Waals surface area contributed by atoms with E-state index in [2.05, 4.69) is 25.7 Å². The topological polar surface area (TPSA) is 67.7 Å². The molecule has 102 valence electrons. The van der Waals surface area contributed by atoms with E-state index in [1.165, 1.54) is 24.0 Å². The molecule has 0 saturated heterocycles. The van der Waals surface area contributed by atoms with Crippen LogP contribution in [0.3, 0.4) is 0 Å². The van der Waals surface area contributed by atoms with Crippen molar-refractivity contribution in [1.29, 1.82) is 0 Å². The number of hydrogen-bond acceptors (Lipinski definition) is 5. The first-order chi connectivity index (χ1) is 8.88. The average Bonchev–Trinajstić information content (AvgIpc) is 2.73. The average molecular weight is 272 g/mol. The molecule has 0 fully saturated rings. The van der Waals surface area contributed by atoms with Crippen molar-refractivity contribution in [2.45, 2.75) is 6.18 Å². The maximum absolute atomic E-state index is 12.6. The Hall–Kier alpha value is -2.32. The Labute approximate surface area is 106 Å². The molecule has 6 nitrogen and oxygen atoms in total. The highest BCUT2D eigenvalue weighted by Crippen LogP contribution is 2.28. The second kappa shape index (κ2) is 4.75. The molecule has 0 aliphatic carbocycles. The van der Waals surface area contributed by atoms with E-state index in [9.17, 15) is 13.2 Å². The first-order valence-electron chi connectivity index (χ1n) is 5.28. The van der Waals surface area contributed by atoms with Crippen LogP contribution in [0.1, 0.15) is 5.82 Å². The quantitative estimate of drug-likeness (QED) is 0.894. The summed E-state index contributed by atoms with van der Waals surface area (Å²) in [6, 6.07) is 1.38. The number of nitrogens with one attached hydrogen (secondary N) is 2. The highest BCUT2D eigenvalue weighted by molar-refractivity contribution is 5.57. The number of anilines is 3. The second-order valence-corrected chi connectivity index (χ2v) is 3.74. The fourth-order valence-corrected chi connectivity index (χ4v) is 1.40. The number of aromatic nitrogens is 4. The van der Waals surface area contributed by atoms with Gasteiger partial charge in [-0.2, -0.15) is 18.3 Å². The van der Waals surface area contributed by atoms with Crippen LogP contribution in [0.5, 0.6) is 0 Å². The molecule has 0 bridgehead atoms. The van der Waals surface area contributed by atoms with Gasteiger partial charge in [-0.25, -0.2) is 9.97 Å². The van der Waals surface area contributed by atoms with E-state index in [0.29, 0.717) is 5.69 Å². The molecule has 0 aliphatic rings. The molecule has 2 N–H and O–H groups in total. The molecular weight excluding hydrogens is 261 g/mol. The van der Waals surface area contributed by atoms with Crippen LogP contribution in [0.15, 0.2) is 18.5 Å². The predicted molar refractivity (Wildman–Crippen MR) is 63.1 cm³/mol. The summed E-state index contributed by atoms with van der Waals surface area (Å²) in [5.74, 6) is -1.08. The summed E-state index contributed by atoms with van der Waals surface area (Å²) in [5.41, 5.74) is 0.538. The van der Waals surface area contributed by atoms with Gasteiger partial charge in [0.05, 0.1) is 11.9 Å². The Morgan fingerprint density at radius 1 is 1.21 bits per heavy atom. The van der Waals surface area contributed by atoms with Crippen LogP contribution in [0.25, 0.3) is 0 Å². The van der Waals surface area contributed by atoms with Crippen molar-refractivity contribution >= 4 is 17.3 Å². The van der Waals surface area contributed by atoms with Crippen LogP contribution in [-0.2, 0) is 13.2 Å². The number of aryl methyl sites for hydroxylation is 1. The zero-order valence-corrected chi connectivity index (χ0v) is 10.2. The molecule has 0 aliphatic heterocycles. The second-order valence-electron chi connectivity index (χ2n) is 3.74. The number of nitrogens with zero attached hydrogens (tertiary/aromatic N) is 4. The normalized spacial score (nSPS) is 11.4. The van der Waals surface area contributed by atoms with E-state index in [-0.39, 0.29) is 11.6 Å². The molecule has 0 atom stereocenters. The molecule has 0 unspecified atom stereocenters. The minimum absolute atomic E-state index is 0.0414. The SMILES string of the molecule is CNc1cc(Nc2cnn(C)c2)nc(C(F)(F)F)n1. The molecule has 0 saturated carbocycles. The van der Waals surface area contributed by atoms with Gasteiger partial charge in [-0.1, -0.05) is 0 Å². The van der Waals surface area contributed by atoms with Crippen LogP contribution < -0.4 is 10.6 Å². The third-order valence-electron chi connectivity index (χ3n) is 2.21. The monoisotopic (exact) mass is 272 g/mol. The van der Waals surface area contributed by atoms with Gasteiger partial charge in [0, 0.05) is 26.4 Å². The van der Waals surface area contributed by atoms with Gasteiger partial charge in [-0.05, 0) is 0 Å². The minimum Gasteiger partial charge on any atom is -0.373 e. The molecule has 2 aromatic rings. The van der Waals surface area contributed by atoms with Crippen LogP contribution >= 0.6 is 0 Å². The van der Waals surface area contributed by atoms with Gasteiger partial charge < -0.3 is 10.6 Å². The van der Waals surface area contributed by atoms with Gasteiger partial charge in [0.2, 0.25) is 5.82 Å². The molecule has 2 heterocycles. The largest absolute Gasteiger partial charge is 0.451 e. The lowest BCUT2D eigenvalue weighted by Crippen LogP contribution is -2.13. The molecule has 2 rings (SSSR count). The fraction of sp³-hybridized carbons (Fsp3) is 0.300. The van der Waals surface area contributed by atoms with Crippen LogP contribution in [0, 0.1) is 0 Å². The van der Waals surface area contributed by atoms with E-state index in [0.717, 1.165) is 0 Å². The van der Waals surface area contributed by atoms with Gasteiger partial charge in [0.25, 0.3) is 0 Å². The Bertz CT molecular complexity index is 577. The highest BCUT2D eigenvalue weighted by atomic mass is 19.4. The Kier molecular flexibility index (Phi) is 3.28. The lowest BCUT2D eigenvalue weighted by molar-refractivity contribution is -0.144. The van der Waals surface area contributed by atoms with E-state index >= 15 is 0 Å². The van der Waals surface area contributed by atoms with Crippen molar-refractivity contribution < 1.29 is 13.2 Å².